The van der Waals surface area contributed by atoms with Gasteiger partial charge in [0.05, 0.1) is 11.3 Å². The highest BCUT2D eigenvalue weighted by atomic mass is 32.2. The van der Waals surface area contributed by atoms with Crippen LogP contribution in [0.4, 0.5) is 13.2 Å². The van der Waals surface area contributed by atoms with Crippen LogP contribution in [0.2, 0.25) is 0 Å². The summed E-state index contributed by atoms with van der Waals surface area (Å²) in [6, 6.07) is 5.18. The Bertz CT molecular complexity index is 615. The van der Waals surface area contributed by atoms with Gasteiger partial charge in [-0.1, -0.05) is 12.1 Å². The number of thioether (sulfide) groups is 1. The third kappa shape index (κ3) is 4.72. The van der Waals surface area contributed by atoms with E-state index in [4.69, 9.17) is 0 Å². The van der Waals surface area contributed by atoms with E-state index in [1.807, 2.05) is 4.90 Å². The first-order valence-corrected chi connectivity index (χ1v) is 9.88. The zero-order valence-corrected chi connectivity index (χ0v) is 15.7. The zero-order valence-electron chi connectivity index (χ0n) is 14.8. The molecule has 144 valence electrons. The molecule has 4 nitrogen and oxygen atoms in total. The highest BCUT2D eigenvalue weighted by molar-refractivity contribution is 8.00. The smallest absolute Gasteiger partial charge is 0.326 e. The van der Waals surface area contributed by atoms with Crippen LogP contribution in [0, 0.1) is 0 Å². The molecule has 1 aromatic rings. The van der Waals surface area contributed by atoms with Crippen molar-refractivity contribution in [2.75, 3.05) is 52.1 Å². The first kappa shape index (κ1) is 19.5. The first-order valence-electron chi connectivity index (χ1n) is 8.84. The quantitative estimate of drug-likeness (QED) is 0.776. The lowest BCUT2D eigenvalue weighted by molar-refractivity contribution is -0.137. The van der Waals surface area contributed by atoms with Crippen molar-refractivity contribution in [1.29, 1.82) is 0 Å². The Balaban J connectivity index is 1.56. The molecule has 1 amide bonds. The Hall–Kier alpha value is -1.25. The third-order valence-corrected chi connectivity index (χ3v) is 6.22. The monoisotopic (exact) mass is 387 g/mol. The minimum Gasteiger partial charge on any atom is -0.326 e. The van der Waals surface area contributed by atoms with Gasteiger partial charge in [-0.05, 0) is 37.7 Å². The van der Waals surface area contributed by atoms with Crippen LogP contribution in [-0.2, 0) is 11.0 Å². The van der Waals surface area contributed by atoms with Gasteiger partial charge in [0.25, 0.3) is 0 Å². The molecule has 1 atom stereocenters. The second kappa shape index (κ2) is 8.19. The summed E-state index contributed by atoms with van der Waals surface area (Å²) in [7, 11) is 2.12. The van der Waals surface area contributed by atoms with Gasteiger partial charge in [0.2, 0.25) is 5.91 Å². The number of hydrogen-bond acceptors (Lipinski definition) is 4. The van der Waals surface area contributed by atoms with Gasteiger partial charge < -0.3 is 14.7 Å². The van der Waals surface area contributed by atoms with Gasteiger partial charge in [-0.3, -0.25) is 4.79 Å². The maximum absolute atomic E-state index is 12.7. The lowest BCUT2D eigenvalue weighted by atomic mass is 10.1. The molecule has 8 heteroatoms. The third-order valence-electron chi connectivity index (χ3n) is 4.96. The van der Waals surface area contributed by atoms with E-state index in [2.05, 4.69) is 16.8 Å². The molecule has 1 aromatic carbocycles. The Kier molecular flexibility index (Phi) is 6.14. The van der Waals surface area contributed by atoms with Crippen molar-refractivity contribution in [3.8, 4) is 0 Å². The minimum absolute atomic E-state index is 0.0678. The summed E-state index contributed by atoms with van der Waals surface area (Å²) in [5.74, 6) is 0.457. The Labute approximate surface area is 156 Å². The van der Waals surface area contributed by atoms with E-state index in [-0.39, 0.29) is 11.3 Å². The molecular formula is C18H24F3N3OS. The van der Waals surface area contributed by atoms with Gasteiger partial charge in [0, 0.05) is 32.7 Å². The van der Waals surface area contributed by atoms with E-state index in [9.17, 15) is 18.0 Å². The summed E-state index contributed by atoms with van der Waals surface area (Å²) in [6.07, 6.45) is -3.45. The van der Waals surface area contributed by atoms with Gasteiger partial charge in [0.1, 0.15) is 5.37 Å². The Morgan fingerprint density at radius 3 is 2.35 bits per heavy atom. The van der Waals surface area contributed by atoms with Gasteiger partial charge in [0.15, 0.2) is 0 Å². The van der Waals surface area contributed by atoms with Crippen LogP contribution in [0.3, 0.4) is 0 Å². The van der Waals surface area contributed by atoms with Gasteiger partial charge in [-0.15, -0.1) is 11.8 Å². The molecule has 2 aliphatic heterocycles. The van der Waals surface area contributed by atoms with E-state index in [0.29, 0.717) is 12.3 Å². The molecular weight excluding hydrogens is 363 g/mol. The molecule has 26 heavy (non-hydrogen) atoms. The average molecular weight is 387 g/mol. The molecule has 2 saturated heterocycles. The topological polar surface area (TPSA) is 26.8 Å². The molecule has 0 bridgehead atoms. The van der Waals surface area contributed by atoms with Crippen molar-refractivity contribution < 1.29 is 18.0 Å². The normalized spacial score (nSPS) is 23.0. The fourth-order valence-electron chi connectivity index (χ4n) is 3.34. The number of rotatable bonds is 5. The molecule has 0 N–H and O–H groups in total. The van der Waals surface area contributed by atoms with Crippen molar-refractivity contribution in [1.82, 2.24) is 14.7 Å². The molecule has 0 radical (unpaired) electrons. The van der Waals surface area contributed by atoms with Gasteiger partial charge in [-0.2, -0.15) is 13.2 Å². The SMILES string of the molecule is CN1CCN(CCCN2C(=O)CSC2c2ccc(C(F)(F)F)cc2)CC1. The molecule has 2 heterocycles. The summed E-state index contributed by atoms with van der Waals surface area (Å²) in [4.78, 5) is 18.7. The number of hydrogen-bond donors (Lipinski definition) is 0. The number of alkyl halides is 3. The number of carbonyl (C=O) groups is 1. The van der Waals surface area contributed by atoms with E-state index < -0.39 is 11.7 Å². The lowest BCUT2D eigenvalue weighted by Crippen LogP contribution is -2.45. The van der Waals surface area contributed by atoms with Crippen molar-refractivity contribution in [2.24, 2.45) is 0 Å². The molecule has 0 saturated carbocycles. The number of amides is 1. The van der Waals surface area contributed by atoms with E-state index in [1.165, 1.54) is 23.9 Å². The van der Waals surface area contributed by atoms with Gasteiger partial charge >= 0.3 is 6.18 Å². The van der Waals surface area contributed by atoms with Gasteiger partial charge in [-0.25, -0.2) is 0 Å². The van der Waals surface area contributed by atoms with Crippen molar-refractivity contribution in [2.45, 2.75) is 18.0 Å². The Morgan fingerprint density at radius 1 is 1.08 bits per heavy atom. The van der Waals surface area contributed by atoms with Crippen LogP contribution in [0.5, 0.6) is 0 Å². The molecule has 3 rings (SSSR count). The van der Waals surface area contributed by atoms with Crippen LogP contribution in [0.25, 0.3) is 0 Å². The predicted molar refractivity (Wildman–Crippen MR) is 96.9 cm³/mol. The molecule has 2 aliphatic rings. The van der Waals surface area contributed by atoms with Crippen LogP contribution in [0.15, 0.2) is 24.3 Å². The Morgan fingerprint density at radius 2 is 1.73 bits per heavy atom. The summed E-state index contributed by atoms with van der Waals surface area (Å²) in [5, 5.41) is -0.183. The fraction of sp³-hybridized carbons (Fsp3) is 0.611. The minimum atomic E-state index is -4.33. The second-order valence-corrected chi connectivity index (χ2v) is 7.94. The van der Waals surface area contributed by atoms with Crippen molar-refractivity contribution in [3.05, 3.63) is 35.4 Å². The summed E-state index contributed by atoms with van der Waals surface area (Å²) in [6.45, 7) is 5.80. The molecule has 2 fully saturated rings. The number of piperazine rings is 1. The van der Waals surface area contributed by atoms with E-state index in [1.54, 1.807) is 0 Å². The van der Waals surface area contributed by atoms with Crippen LogP contribution >= 0.6 is 11.8 Å². The highest BCUT2D eigenvalue weighted by Crippen LogP contribution is 2.39. The fourth-order valence-corrected chi connectivity index (χ4v) is 4.56. The van der Waals surface area contributed by atoms with Crippen molar-refractivity contribution in [3.63, 3.8) is 0 Å². The van der Waals surface area contributed by atoms with Crippen LogP contribution in [0.1, 0.15) is 22.9 Å². The first-order chi connectivity index (χ1) is 12.3. The number of halogens is 3. The van der Waals surface area contributed by atoms with Crippen LogP contribution < -0.4 is 0 Å². The number of nitrogens with zero attached hydrogens (tertiary/aromatic N) is 3. The molecule has 0 aromatic heterocycles. The van der Waals surface area contributed by atoms with Crippen molar-refractivity contribution >= 4 is 17.7 Å². The van der Waals surface area contributed by atoms with Crippen LogP contribution in [-0.4, -0.2) is 72.7 Å². The molecule has 0 aliphatic carbocycles. The molecule has 0 spiro atoms. The van der Waals surface area contributed by atoms with E-state index >= 15 is 0 Å². The summed E-state index contributed by atoms with van der Waals surface area (Å²) < 4.78 is 38.2. The maximum Gasteiger partial charge on any atom is 0.416 e. The standard InChI is InChI=1S/C18H24F3N3OS/c1-22-9-11-23(12-10-22)7-2-8-24-16(25)13-26-17(24)14-3-5-15(6-4-14)18(19,20)21/h3-6,17H,2,7-13H2,1H3. The average Bonchev–Trinajstić information content (AvgIpc) is 2.97. The zero-order chi connectivity index (χ0) is 18.7. The number of benzene rings is 1. The maximum atomic E-state index is 12.7. The van der Waals surface area contributed by atoms with E-state index in [0.717, 1.165) is 56.8 Å². The largest absolute Gasteiger partial charge is 0.416 e. The number of likely N-dealkylation sites (N-methyl/N-ethyl adjacent to an activating group) is 1. The molecule has 1 unspecified atom stereocenters. The second-order valence-electron chi connectivity index (χ2n) is 6.87. The highest BCUT2D eigenvalue weighted by Gasteiger charge is 2.34. The number of carbonyl (C=O) groups excluding carboxylic acids is 1. The lowest BCUT2D eigenvalue weighted by Gasteiger charge is -2.33. The summed E-state index contributed by atoms with van der Waals surface area (Å²) in [5.41, 5.74) is 0.102. The summed E-state index contributed by atoms with van der Waals surface area (Å²) >= 11 is 1.49. The predicted octanol–water partition coefficient (Wildman–Crippen LogP) is 2.92.